The van der Waals surface area contributed by atoms with E-state index in [1.54, 1.807) is 12.4 Å². The molecular formula is C26H24N4O5. The van der Waals surface area contributed by atoms with E-state index in [9.17, 15) is 14.4 Å². The molecule has 0 saturated carbocycles. The van der Waals surface area contributed by atoms with E-state index < -0.39 is 17.8 Å². The molecule has 3 aliphatic heterocycles. The summed E-state index contributed by atoms with van der Waals surface area (Å²) in [7, 11) is 0. The molecule has 4 heterocycles. The van der Waals surface area contributed by atoms with Crippen molar-refractivity contribution in [2.75, 3.05) is 26.2 Å². The van der Waals surface area contributed by atoms with Crippen LogP contribution >= 0.6 is 0 Å². The molecule has 0 aliphatic carbocycles. The minimum absolute atomic E-state index is 0.0354. The van der Waals surface area contributed by atoms with Crippen molar-refractivity contribution in [2.45, 2.75) is 25.2 Å². The Labute approximate surface area is 201 Å². The predicted octanol–water partition coefficient (Wildman–Crippen LogP) is 2.43. The Hall–Kier alpha value is -3.98. The van der Waals surface area contributed by atoms with Gasteiger partial charge in [-0.05, 0) is 61.8 Å². The highest BCUT2D eigenvalue weighted by atomic mass is 16.8. The van der Waals surface area contributed by atoms with Crippen LogP contribution in [0.5, 0.6) is 0 Å². The lowest BCUT2D eigenvalue weighted by molar-refractivity contribution is -0.270. The average Bonchev–Trinajstić information content (AvgIpc) is 3.49. The minimum atomic E-state index is -1.84. The number of amides is 1. The summed E-state index contributed by atoms with van der Waals surface area (Å²) in [5, 5.41) is 0. The van der Waals surface area contributed by atoms with Crippen LogP contribution in [0, 0.1) is 0 Å². The van der Waals surface area contributed by atoms with Gasteiger partial charge in [-0.15, -0.1) is 0 Å². The lowest BCUT2D eigenvalue weighted by atomic mass is 9.95. The number of esters is 2. The zero-order valence-electron chi connectivity index (χ0n) is 19.1. The normalized spacial score (nSPS) is 19.7. The quantitative estimate of drug-likeness (QED) is 0.539. The van der Waals surface area contributed by atoms with Crippen molar-refractivity contribution in [3.8, 4) is 5.69 Å². The van der Waals surface area contributed by atoms with Crippen molar-refractivity contribution in [2.24, 2.45) is 0 Å². The molecule has 1 amide bonds. The number of rotatable bonds is 4. The zero-order chi connectivity index (χ0) is 24.0. The number of nitrogens with zero attached hydrogens (tertiary/aromatic N) is 4. The third-order valence-corrected chi connectivity index (χ3v) is 6.84. The first-order chi connectivity index (χ1) is 17.0. The van der Waals surface area contributed by atoms with Crippen molar-refractivity contribution in [1.82, 2.24) is 19.4 Å². The average molecular weight is 473 g/mol. The summed E-state index contributed by atoms with van der Waals surface area (Å²) in [6.07, 6.45) is 6.05. The van der Waals surface area contributed by atoms with Gasteiger partial charge >= 0.3 is 17.8 Å². The van der Waals surface area contributed by atoms with Gasteiger partial charge in [-0.2, -0.15) is 0 Å². The predicted molar refractivity (Wildman–Crippen MR) is 126 cm³/mol. The van der Waals surface area contributed by atoms with Crippen molar-refractivity contribution >= 4 is 28.9 Å². The van der Waals surface area contributed by atoms with E-state index in [1.807, 2.05) is 41.0 Å². The molecule has 3 aromatic rings. The second-order valence-electron chi connectivity index (χ2n) is 9.02. The first-order valence-electron chi connectivity index (χ1n) is 11.8. The van der Waals surface area contributed by atoms with Crippen molar-refractivity contribution < 1.29 is 23.9 Å². The molecule has 1 spiro atoms. The van der Waals surface area contributed by atoms with E-state index in [-0.39, 0.29) is 18.9 Å². The molecule has 0 unspecified atom stereocenters. The number of carbonyl (C=O) groups is 3. The monoisotopic (exact) mass is 472 g/mol. The van der Waals surface area contributed by atoms with Crippen LogP contribution in [0.25, 0.3) is 16.7 Å². The number of aromatic nitrogens is 2. The van der Waals surface area contributed by atoms with E-state index in [1.165, 1.54) is 4.90 Å². The van der Waals surface area contributed by atoms with Gasteiger partial charge in [0, 0.05) is 36.5 Å². The third-order valence-electron chi connectivity index (χ3n) is 6.84. The van der Waals surface area contributed by atoms with Gasteiger partial charge in [-0.1, -0.05) is 12.1 Å². The van der Waals surface area contributed by atoms with E-state index in [0.717, 1.165) is 54.8 Å². The fourth-order valence-electron chi connectivity index (χ4n) is 5.13. The first kappa shape index (κ1) is 21.5. The molecule has 1 fully saturated rings. The summed E-state index contributed by atoms with van der Waals surface area (Å²) in [5.41, 5.74) is 3.70. The van der Waals surface area contributed by atoms with Gasteiger partial charge in [0.05, 0.1) is 17.5 Å². The molecular weight excluding hydrogens is 448 g/mol. The maximum absolute atomic E-state index is 13.7. The Morgan fingerprint density at radius 1 is 0.914 bits per heavy atom. The smallest absolute Gasteiger partial charge is 0.349 e. The van der Waals surface area contributed by atoms with Crippen LogP contribution in [0.4, 0.5) is 0 Å². The summed E-state index contributed by atoms with van der Waals surface area (Å²) in [6.45, 7) is 2.78. The molecule has 9 heteroatoms. The van der Waals surface area contributed by atoms with Gasteiger partial charge < -0.3 is 14.4 Å². The maximum Gasteiger partial charge on any atom is 0.349 e. The number of para-hydroxylation sites is 2. The van der Waals surface area contributed by atoms with Gasteiger partial charge in [0.1, 0.15) is 6.33 Å². The van der Waals surface area contributed by atoms with Crippen LogP contribution in [0.3, 0.4) is 0 Å². The summed E-state index contributed by atoms with van der Waals surface area (Å²) in [4.78, 5) is 46.7. The number of fused-ring (bicyclic) bond motifs is 2. The number of hydrogen-bond acceptors (Lipinski definition) is 7. The van der Waals surface area contributed by atoms with Gasteiger partial charge in [-0.3, -0.25) is 14.3 Å². The molecule has 178 valence electrons. The molecule has 35 heavy (non-hydrogen) atoms. The van der Waals surface area contributed by atoms with Crippen LogP contribution in [-0.4, -0.2) is 69.3 Å². The highest BCUT2D eigenvalue weighted by Crippen LogP contribution is 2.36. The minimum Gasteiger partial charge on any atom is -0.400 e. The Bertz CT molecular complexity index is 1350. The van der Waals surface area contributed by atoms with Crippen LogP contribution < -0.4 is 0 Å². The molecule has 1 saturated heterocycles. The fourth-order valence-corrected chi connectivity index (χ4v) is 5.13. The van der Waals surface area contributed by atoms with Gasteiger partial charge in [0.2, 0.25) is 0 Å². The number of imidazole rings is 1. The van der Waals surface area contributed by atoms with Crippen LogP contribution in [0.2, 0.25) is 0 Å². The molecule has 0 atom stereocenters. The first-order valence-corrected chi connectivity index (χ1v) is 11.8. The Kier molecular flexibility index (Phi) is 5.14. The SMILES string of the molecule is O=C1C=CC(=O)OC2(Cc3cc(-n4cnc5ccccc54)ccc3C(=O)N2CCN2CCCC2)O1. The second kappa shape index (κ2) is 8.35. The van der Waals surface area contributed by atoms with Crippen LogP contribution in [-0.2, 0) is 25.5 Å². The van der Waals surface area contributed by atoms with E-state index in [2.05, 4.69) is 9.88 Å². The van der Waals surface area contributed by atoms with E-state index in [0.29, 0.717) is 17.7 Å². The molecule has 6 rings (SSSR count). The second-order valence-corrected chi connectivity index (χ2v) is 9.02. The van der Waals surface area contributed by atoms with Gasteiger partial charge in [0.15, 0.2) is 0 Å². The zero-order valence-corrected chi connectivity index (χ0v) is 19.1. The molecule has 1 aromatic heterocycles. The number of ether oxygens (including phenoxy) is 2. The van der Waals surface area contributed by atoms with Crippen molar-refractivity contribution in [3.63, 3.8) is 0 Å². The summed E-state index contributed by atoms with van der Waals surface area (Å²) in [6, 6.07) is 13.3. The lowest BCUT2D eigenvalue weighted by Gasteiger charge is -2.44. The molecule has 2 aromatic carbocycles. The number of benzene rings is 2. The number of hydrogen-bond donors (Lipinski definition) is 0. The van der Waals surface area contributed by atoms with Gasteiger partial charge in [-0.25, -0.2) is 14.6 Å². The number of likely N-dealkylation sites (tertiary alicyclic amines) is 1. The van der Waals surface area contributed by atoms with Crippen LogP contribution in [0.15, 0.2) is 60.9 Å². The molecule has 3 aliphatic rings. The largest absolute Gasteiger partial charge is 0.400 e. The lowest BCUT2D eigenvalue weighted by Crippen LogP contribution is -2.62. The Balaban J connectivity index is 1.40. The van der Waals surface area contributed by atoms with Crippen molar-refractivity contribution in [3.05, 3.63) is 72.1 Å². The van der Waals surface area contributed by atoms with E-state index >= 15 is 0 Å². The fraction of sp³-hybridized carbons (Fsp3) is 0.308. The summed E-state index contributed by atoms with van der Waals surface area (Å²) in [5.74, 6) is -3.63. The highest BCUT2D eigenvalue weighted by Gasteiger charge is 2.52. The summed E-state index contributed by atoms with van der Waals surface area (Å²) >= 11 is 0. The molecule has 9 nitrogen and oxygen atoms in total. The Morgan fingerprint density at radius 3 is 2.43 bits per heavy atom. The number of carbonyl (C=O) groups excluding carboxylic acids is 3. The summed E-state index contributed by atoms with van der Waals surface area (Å²) < 4.78 is 13.3. The third kappa shape index (κ3) is 3.77. The van der Waals surface area contributed by atoms with Crippen LogP contribution in [0.1, 0.15) is 28.8 Å². The maximum atomic E-state index is 13.7. The van der Waals surface area contributed by atoms with Gasteiger partial charge in [0.25, 0.3) is 5.91 Å². The molecule has 0 N–H and O–H groups in total. The molecule has 0 radical (unpaired) electrons. The highest BCUT2D eigenvalue weighted by molar-refractivity contribution is 5.99. The standard InChI is InChI=1S/C26H24N4O5/c31-23-9-10-24(32)35-26(34-23)16-18-15-19(29-17-27-21-5-1-2-6-22(21)29)7-8-20(18)25(33)30(26)14-13-28-11-3-4-12-28/h1-2,5-10,15,17H,3-4,11-14,16H2. The Morgan fingerprint density at radius 2 is 1.66 bits per heavy atom. The topological polar surface area (TPSA) is 94.0 Å². The van der Waals surface area contributed by atoms with Crippen molar-refractivity contribution in [1.29, 1.82) is 0 Å². The van der Waals surface area contributed by atoms with E-state index in [4.69, 9.17) is 9.47 Å². The molecule has 0 bridgehead atoms.